The number of hydrogen-bond donors (Lipinski definition) is 1. The van der Waals surface area contributed by atoms with Crippen molar-refractivity contribution >= 4 is 11.8 Å². The van der Waals surface area contributed by atoms with Crippen LogP contribution in [0.3, 0.4) is 0 Å². The highest BCUT2D eigenvalue weighted by Gasteiger charge is 2.43. The highest BCUT2D eigenvalue weighted by atomic mass is 16.5. The van der Waals surface area contributed by atoms with E-state index in [0.717, 1.165) is 22.8 Å². The molecule has 0 saturated heterocycles. The number of benzene rings is 1. The third kappa shape index (κ3) is 4.41. The normalized spacial score (nSPS) is 19.9. The van der Waals surface area contributed by atoms with Crippen molar-refractivity contribution in [3.05, 3.63) is 100 Å². The third-order valence-corrected chi connectivity index (χ3v) is 6.57. The van der Waals surface area contributed by atoms with Gasteiger partial charge in [0.1, 0.15) is 29.6 Å². The van der Waals surface area contributed by atoms with Gasteiger partial charge >= 0.3 is 5.97 Å². The van der Waals surface area contributed by atoms with E-state index < -0.39 is 11.9 Å². The molecule has 5 rings (SSSR count). The molecule has 0 radical (unpaired) electrons. The van der Waals surface area contributed by atoms with E-state index in [2.05, 4.69) is 5.32 Å². The quantitative estimate of drug-likeness (QED) is 0.486. The predicted octanol–water partition coefficient (Wildman–Crippen LogP) is 5.29. The van der Waals surface area contributed by atoms with E-state index in [4.69, 9.17) is 18.3 Å². The van der Waals surface area contributed by atoms with Gasteiger partial charge in [-0.15, -0.1) is 0 Å². The Hall–Kier alpha value is -4.00. The van der Waals surface area contributed by atoms with E-state index in [0.29, 0.717) is 41.2 Å². The molecule has 1 aliphatic heterocycles. The summed E-state index contributed by atoms with van der Waals surface area (Å²) in [6, 6.07) is 14.7. The number of furan rings is 2. The van der Waals surface area contributed by atoms with Crippen LogP contribution in [0.1, 0.15) is 54.4 Å². The lowest BCUT2D eigenvalue weighted by molar-refractivity contribution is -0.140. The standard InChI is InChI=1S/C28H27NO6/c1-16-6-11-24(35-16)27-25(28(31)34-15-18-7-9-20(32-3)10-8-18)17(2)29-21-13-19(14-22(30)26(21)27)23-5-4-12-33-23/h4-12,19,27,29H,13-15H2,1-3H3/t19-,27-/m1/s1. The van der Waals surface area contributed by atoms with E-state index in [-0.39, 0.29) is 18.3 Å². The summed E-state index contributed by atoms with van der Waals surface area (Å²) in [7, 11) is 1.60. The smallest absolute Gasteiger partial charge is 0.337 e. The molecule has 0 unspecified atom stereocenters. The molecule has 7 nitrogen and oxygen atoms in total. The van der Waals surface area contributed by atoms with Gasteiger partial charge in [-0.25, -0.2) is 4.79 Å². The van der Waals surface area contributed by atoms with Gasteiger partial charge in [0.25, 0.3) is 0 Å². The van der Waals surface area contributed by atoms with Crippen LogP contribution in [0, 0.1) is 6.92 Å². The van der Waals surface area contributed by atoms with Crippen LogP contribution in [0.15, 0.2) is 86.2 Å². The number of aryl methyl sites for hydroxylation is 1. The van der Waals surface area contributed by atoms with Crippen molar-refractivity contribution in [2.75, 3.05) is 7.11 Å². The number of ketones is 1. The fraction of sp³-hybridized carbons (Fsp3) is 0.286. The summed E-state index contributed by atoms with van der Waals surface area (Å²) in [5.41, 5.74) is 3.23. The van der Waals surface area contributed by atoms with Gasteiger partial charge in [-0.2, -0.15) is 0 Å². The van der Waals surface area contributed by atoms with Gasteiger partial charge in [0.05, 0.1) is 24.9 Å². The van der Waals surface area contributed by atoms with Crippen LogP contribution in [0.2, 0.25) is 0 Å². The van der Waals surface area contributed by atoms with Gasteiger partial charge in [0.15, 0.2) is 5.78 Å². The van der Waals surface area contributed by atoms with Crippen LogP contribution in [-0.2, 0) is 20.9 Å². The molecule has 7 heteroatoms. The second-order valence-corrected chi connectivity index (χ2v) is 8.91. The maximum atomic E-state index is 13.5. The first-order chi connectivity index (χ1) is 16.9. The van der Waals surface area contributed by atoms with Crippen molar-refractivity contribution < 1.29 is 27.9 Å². The van der Waals surface area contributed by atoms with Gasteiger partial charge in [0.2, 0.25) is 0 Å². The molecule has 1 N–H and O–H groups in total. The lowest BCUT2D eigenvalue weighted by atomic mass is 9.74. The zero-order valence-electron chi connectivity index (χ0n) is 19.9. The number of ether oxygens (including phenoxy) is 2. The van der Waals surface area contributed by atoms with E-state index >= 15 is 0 Å². The third-order valence-electron chi connectivity index (χ3n) is 6.57. The minimum Gasteiger partial charge on any atom is -0.497 e. The SMILES string of the molecule is COc1ccc(COC(=O)C2=C(C)NC3=C(C(=O)C[C@H](c4ccco4)C3)[C@@H]2c2ccc(C)o2)cc1. The molecule has 0 fully saturated rings. The van der Waals surface area contributed by atoms with Crippen molar-refractivity contribution in [1.29, 1.82) is 0 Å². The molecular formula is C28H27NO6. The van der Waals surface area contributed by atoms with E-state index in [1.807, 2.05) is 62.4 Å². The summed E-state index contributed by atoms with van der Waals surface area (Å²) in [5, 5.41) is 3.33. The van der Waals surface area contributed by atoms with Crippen LogP contribution in [0.25, 0.3) is 0 Å². The maximum absolute atomic E-state index is 13.5. The summed E-state index contributed by atoms with van der Waals surface area (Å²) in [6.45, 7) is 3.77. The Bertz CT molecular complexity index is 1310. The molecule has 1 aromatic carbocycles. The van der Waals surface area contributed by atoms with Crippen LogP contribution < -0.4 is 10.1 Å². The molecule has 2 aliphatic rings. The molecule has 1 aliphatic carbocycles. The lowest BCUT2D eigenvalue weighted by Gasteiger charge is -2.35. The monoisotopic (exact) mass is 473 g/mol. The zero-order valence-corrected chi connectivity index (χ0v) is 19.9. The fourth-order valence-corrected chi connectivity index (χ4v) is 4.88. The van der Waals surface area contributed by atoms with Crippen molar-refractivity contribution in [2.45, 2.75) is 45.1 Å². The minimum atomic E-state index is -0.631. The second-order valence-electron chi connectivity index (χ2n) is 8.91. The van der Waals surface area contributed by atoms with Gasteiger partial charge in [-0.1, -0.05) is 12.1 Å². The van der Waals surface area contributed by atoms with E-state index in [1.54, 1.807) is 13.4 Å². The predicted molar refractivity (Wildman–Crippen MR) is 128 cm³/mol. The van der Waals surface area contributed by atoms with Gasteiger partial charge in [0, 0.05) is 29.3 Å². The molecular weight excluding hydrogens is 446 g/mol. The Kier molecular flexibility index (Phi) is 6.07. The van der Waals surface area contributed by atoms with Crippen LogP contribution in [0.5, 0.6) is 5.75 Å². The first-order valence-electron chi connectivity index (χ1n) is 11.6. The lowest BCUT2D eigenvalue weighted by Crippen LogP contribution is -2.36. The second kappa shape index (κ2) is 9.33. The molecule has 2 aromatic heterocycles. The van der Waals surface area contributed by atoms with Crippen molar-refractivity contribution in [3.8, 4) is 5.75 Å². The average Bonchev–Trinajstić information content (AvgIpc) is 3.54. The van der Waals surface area contributed by atoms with Gasteiger partial charge in [-0.3, -0.25) is 4.79 Å². The molecule has 2 atom stereocenters. The fourth-order valence-electron chi connectivity index (χ4n) is 4.88. The summed E-state index contributed by atoms with van der Waals surface area (Å²) >= 11 is 0. The molecule has 3 heterocycles. The van der Waals surface area contributed by atoms with Gasteiger partial charge < -0.3 is 23.6 Å². The summed E-state index contributed by atoms with van der Waals surface area (Å²) < 4.78 is 22.4. The number of esters is 1. The molecule has 180 valence electrons. The first kappa shape index (κ1) is 22.8. The Labute approximate surface area is 203 Å². The number of carbonyl (C=O) groups excluding carboxylic acids is 2. The largest absolute Gasteiger partial charge is 0.497 e. The van der Waals surface area contributed by atoms with Crippen molar-refractivity contribution in [2.24, 2.45) is 0 Å². The minimum absolute atomic E-state index is 0.0350. The Morgan fingerprint density at radius 2 is 1.86 bits per heavy atom. The molecule has 0 amide bonds. The molecule has 0 saturated carbocycles. The Morgan fingerprint density at radius 1 is 1.06 bits per heavy atom. The number of dihydropyridines is 1. The molecule has 0 bridgehead atoms. The maximum Gasteiger partial charge on any atom is 0.337 e. The number of nitrogens with one attached hydrogen (secondary N) is 1. The van der Waals surface area contributed by atoms with Crippen LogP contribution in [0.4, 0.5) is 0 Å². The summed E-state index contributed by atoms with van der Waals surface area (Å²) in [4.78, 5) is 26.9. The van der Waals surface area contributed by atoms with E-state index in [1.165, 1.54) is 0 Å². The van der Waals surface area contributed by atoms with Crippen LogP contribution in [-0.4, -0.2) is 18.9 Å². The number of Topliss-reactive ketones (excluding diaryl/α,β-unsaturated/α-hetero) is 1. The average molecular weight is 474 g/mol. The highest BCUT2D eigenvalue weighted by Crippen LogP contribution is 2.46. The molecule has 35 heavy (non-hydrogen) atoms. The number of allylic oxidation sites excluding steroid dienone is 3. The summed E-state index contributed by atoms with van der Waals surface area (Å²) in [5.74, 6) is 1.56. The molecule has 3 aromatic rings. The Morgan fingerprint density at radius 3 is 2.51 bits per heavy atom. The Balaban J connectivity index is 1.46. The molecule has 0 spiro atoms. The zero-order chi connectivity index (χ0) is 24.5. The van der Waals surface area contributed by atoms with Gasteiger partial charge in [-0.05, 0) is 62.2 Å². The first-order valence-corrected chi connectivity index (χ1v) is 11.6. The van der Waals surface area contributed by atoms with Crippen LogP contribution >= 0.6 is 0 Å². The van der Waals surface area contributed by atoms with Crippen molar-refractivity contribution in [3.63, 3.8) is 0 Å². The van der Waals surface area contributed by atoms with E-state index in [9.17, 15) is 9.59 Å². The number of methoxy groups -OCH3 is 1. The number of hydrogen-bond acceptors (Lipinski definition) is 7. The van der Waals surface area contributed by atoms with Crippen molar-refractivity contribution in [1.82, 2.24) is 5.32 Å². The topological polar surface area (TPSA) is 90.9 Å². The number of rotatable bonds is 6. The highest BCUT2D eigenvalue weighted by molar-refractivity contribution is 6.04. The number of carbonyl (C=O) groups is 2. The summed E-state index contributed by atoms with van der Waals surface area (Å²) in [6.07, 6.45) is 2.53.